The smallest absolute Gasteiger partial charge is 0.271 e. The highest BCUT2D eigenvalue weighted by molar-refractivity contribution is 5.70. The van der Waals surface area contributed by atoms with Crippen molar-refractivity contribution >= 4 is 5.82 Å². The summed E-state index contributed by atoms with van der Waals surface area (Å²) in [7, 11) is 3.07. The minimum atomic E-state index is -0.337. The van der Waals surface area contributed by atoms with Crippen LogP contribution in [-0.2, 0) is 11.3 Å². The van der Waals surface area contributed by atoms with Crippen molar-refractivity contribution in [3.63, 3.8) is 0 Å². The fourth-order valence-electron chi connectivity index (χ4n) is 4.11. The van der Waals surface area contributed by atoms with Gasteiger partial charge in [-0.2, -0.15) is 14.9 Å². The van der Waals surface area contributed by atoms with Crippen LogP contribution in [0.4, 0.5) is 5.82 Å². The standard InChI is InChI=1S/C26H30N8O4/c1-26(2)15-38-20(11-29-26)14-33-13-16(10-30-33)22-12-28-25(27)24(31-22)21-5-6-23(35)34(32-21)17-7-18(36-3)9-19(8-17)37-4/h5-10,12-13,20,29H,11,14-15H2,1-4H3,(H2,27,28). The molecule has 3 aromatic heterocycles. The molecular weight excluding hydrogens is 488 g/mol. The Morgan fingerprint density at radius 2 is 1.89 bits per heavy atom. The van der Waals surface area contributed by atoms with Crippen molar-refractivity contribution in [2.24, 2.45) is 0 Å². The summed E-state index contributed by atoms with van der Waals surface area (Å²) < 4.78 is 19.7. The highest BCUT2D eigenvalue weighted by Crippen LogP contribution is 2.27. The van der Waals surface area contributed by atoms with Crippen molar-refractivity contribution in [2.75, 3.05) is 33.1 Å². The number of nitrogens with zero attached hydrogens (tertiary/aromatic N) is 6. The number of ether oxygens (including phenoxy) is 3. The van der Waals surface area contributed by atoms with Crippen molar-refractivity contribution in [2.45, 2.75) is 32.0 Å². The molecule has 12 nitrogen and oxygen atoms in total. The van der Waals surface area contributed by atoms with Crippen molar-refractivity contribution in [3.8, 4) is 39.8 Å². The van der Waals surface area contributed by atoms with E-state index in [9.17, 15) is 4.79 Å². The lowest BCUT2D eigenvalue weighted by molar-refractivity contribution is -0.0305. The van der Waals surface area contributed by atoms with Gasteiger partial charge < -0.3 is 25.3 Å². The van der Waals surface area contributed by atoms with E-state index in [1.165, 1.54) is 25.0 Å². The monoisotopic (exact) mass is 518 g/mol. The van der Waals surface area contributed by atoms with E-state index in [4.69, 9.17) is 24.9 Å². The topological polar surface area (TPSA) is 144 Å². The highest BCUT2D eigenvalue weighted by atomic mass is 16.5. The number of anilines is 1. The van der Waals surface area contributed by atoms with Crippen molar-refractivity contribution in [1.29, 1.82) is 0 Å². The lowest BCUT2D eigenvalue weighted by atomic mass is 10.0. The Kier molecular flexibility index (Phi) is 6.83. The Bertz CT molecular complexity index is 1480. The van der Waals surface area contributed by atoms with E-state index in [0.29, 0.717) is 47.4 Å². The third kappa shape index (κ3) is 5.36. The SMILES string of the molecule is COc1cc(OC)cc(-n2nc(-c3nc(-c4cnn(CC5CNC(C)(C)CO5)c4)cnc3N)ccc2=O)c1. The van der Waals surface area contributed by atoms with E-state index in [0.717, 1.165) is 12.1 Å². The second-order valence-electron chi connectivity index (χ2n) is 9.68. The molecular formula is C26H30N8O4. The molecule has 1 fully saturated rings. The van der Waals surface area contributed by atoms with E-state index in [-0.39, 0.29) is 23.0 Å². The van der Waals surface area contributed by atoms with Gasteiger partial charge in [0, 0.05) is 48.1 Å². The maximum absolute atomic E-state index is 12.7. The van der Waals surface area contributed by atoms with Crippen LogP contribution in [-0.4, -0.2) is 68.5 Å². The van der Waals surface area contributed by atoms with Crippen LogP contribution in [0.1, 0.15) is 13.8 Å². The van der Waals surface area contributed by atoms with E-state index in [2.05, 4.69) is 34.3 Å². The van der Waals surface area contributed by atoms with Gasteiger partial charge in [-0.3, -0.25) is 9.48 Å². The molecule has 1 aromatic carbocycles. The molecule has 1 saturated heterocycles. The molecule has 1 unspecified atom stereocenters. The van der Waals surface area contributed by atoms with Gasteiger partial charge in [-0.05, 0) is 19.9 Å². The maximum Gasteiger partial charge on any atom is 0.271 e. The molecule has 4 aromatic rings. The Morgan fingerprint density at radius 3 is 2.58 bits per heavy atom. The zero-order chi connectivity index (χ0) is 26.9. The third-order valence-corrected chi connectivity index (χ3v) is 6.23. The second kappa shape index (κ2) is 10.2. The lowest BCUT2D eigenvalue weighted by Gasteiger charge is -2.35. The van der Waals surface area contributed by atoms with Gasteiger partial charge in [0.05, 0.1) is 57.3 Å². The molecule has 4 heterocycles. The molecule has 1 atom stereocenters. The summed E-state index contributed by atoms with van der Waals surface area (Å²) >= 11 is 0. The largest absolute Gasteiger partial charge is 0.497 e. The van der Waals surface area contributed by atoms with Crippen LogP contribution in [0.2, 0.25) is 0 Å². The summed E-state index contributed by atoms with van der Waals surface area (Å²) in [4.78, 5) is 21.7. The number of benzene rings is 1. The molecule has 0 amide bonds. The number of hydrogen-bond donors (Lipinski definition) is 2. The van der Waals surface area contributed by atoms with Crippen LogP contribution in [0.3, 0.4) is 0 Å². The quantitative estimate of drug-likeness (QED) is 0.372. The van der Waals surface area contributed by atoms with Crippen LogP contribution in [0.5, 0.6) is 11.5 Å². The average molecular weight is 519 g/mol. The Hall–Kier alpha value is -4.29. The molecule has 5 rings (SSSR count). The van der Waals surface area contributed by atoms with Crippen LogP contribution >= 0.6 is 0 Å². The number of morpholine rings is 1. The molecule has 1 aliphatic heterocycles. The molecule has 198 valence electrons. The van der Waals surface area contributed by atoms with Gasteiger partial charge in [0.2, 0.25) is 0 Å². The fourth-order valence-corrected chi connectivity index (χ4v) is 4.11. The second-order valence-corrected chi connectivity index (χ2v) is 9.68. The summed E-state index contributed by atoms with van der Waals surface area (Å²) in [6, 6.07) is 8.06. The molecule has 0 saturated carbocycles. The molecule has 0 aliphatic carbocycles. The first-order valence-corrected chi connectivity index (χ1v) is 12.1. The van der Waals surface area contributed by atoms with Crippen LogP contribution < -0.4 is 26.1 Å². The van der Waals surface area contributed by atoms with Gasteiger partial charge in [0.15, 0.2) is 5.82 Å². The van der Waals surface area contributed by atoms with E-state index < -0.39 is 0 Å². The first-order chi connectivity index (χ1) is 18.2. The number of hydrogen-bond acceptors (Lipinski definition) is 10. The van der Waals surface area contributed by atoms with Crippen molar-refractivity contribution in [1.82, 2.24) is 34.8 Å². The number of methoxy groups -OCH3 is 2. The highest BCUT2D eigenvalue weighted by Gasteiger charge is 2.27. The minimum absolute atomic E-state index is 0.0179. The summed E-state index contributed by atoms with van der Waals surface area (Å²) in [5, 5.41) is 12.5. The van der Waals surface area contributed by atoms with Crippen LogP contribution in [0.15, 0.2) is 53.7 Å². The Labute approximate surface area is 219 Å². The molecule has 3 N–H and O–H groups in total. The molecule has 38 heavy (non-hydrogen) atoms. The lowest BCUT2D eigenvalue weighted by Crippen LogP contribution is -2.54. The molecule has 0 bridgehead atoms. The Balaban J connectivity index is 1.43. The maximum atomic E-state index is 12.7. The van der Waals surface area contributed by atoms with Gasteiger partial charge in [0.25, 0.3) is 5.56 Å². The van der Waals surface area contributed by atoms with Gasteiger partial charge in [0.1, 0.15) is 22.9 Å². The van der Waals surface area contributed by atoms with Crippen LogP contribution in [0, 0.1) is 0 Å². The first-order valence-electron chi connectivity index (χ1n) is 12.1. The van der Waals surface area contributed by atoms with E-state index in [1.807, 2.05) is 10.9 Å². The van der Waals surface area contributed by atoms with Crippen LogP contribution in [0.25, 0.3) is 28.3 Å². The van der Waals surface area contributed by atoms with E-state index in [1.54, 1.807) is 36.7 Å². The predicted molar refractivity (Wildman–Crippen MR) is 141 cm³/mol. The number of nitrogen functional groups attached to an aromatic ring is 1. The van der Waals surface area contributed by atoms with Gasteiger partial charge in [-0.25, -0.2) is 9.97 Å². The number of nitrogens with two attached hydrogens (primary N) is 1. The Morgan fingerprint density at radius 1 is 1.13 bits per heavy atom. The summed E-state index contributed by atoms with van der Waals surface area (Å²) in [5.74, 6) is 1.23. The molecule has 12 heteroatoms. The first kappa shape index (κ1) is 25.4. The van der Waals surface area contributed by atoms with E-state index >= 15 is 0 Å². The number of aromatic nitrogens is 6. The molecule has 0 spiro atoms. The number of rotatable bonds is 7. The molecule has 0 radical (unpaired) electrons. The van der Waals surface area contributed by atoms with Crippen molar-refractivity contribution < 1.29 is 14.2 Å². The predicted octanol–water partition coefficient (Wildman–Crippen LogP) is 1.92. The fraction of sp³-hybridized carbons (Fsp3) is 0.346. The van der Waals surface area contributed by atoms with Gasteiger partial charge in [-0.1, -0.05) is 0 Å². The molecule has 1 aliphatic rings. The van der Waals surface area contributed by atoms with Gasteiger partial charge in [-0.15, -0.1) is 0 Å². The third-order valence-electron chi connectivity index (χ3n) is 6.23. The summed E-state index contributed by atoms with van der Waals surface area (Å²) in [6.45, 7) is 6.21. The normalized spacial score (nSPS) is 16.8. The zero-order valence-electron chi connectivity index (χ0n) is 21.7. The summed E-state index contributed by atoms with van der Waals surface area (Å²) in [6.07, 6.45) is 5.22. The summed E-state index contributed by atoms with van der Waals surface area (Å²) in [5.41, 5.74) is 8.37. The number of nitrogens with one attached hydrogen (secondary N) is 1. The average Bonchev–Trinajstić information content (AvgIpc) is 3.38. The van der Waals surface area contributed by atoms with Gasteiger partial charge >= 0.3 is 0 Å². The van der Waals surface area contributed by atoms with Crippen molar-refractivity contribution in [3.05, 3.63) is 59.3 Å². The zero-order valence-corrected chi connectivity index (χ0v) is 21.7. The minimum Gasteiger partial charge on any atom is -0.497 e.